The first-order valence-electron chi connectivity index (χ1n) is 16.8. The average Bonchev–Trinajstić information content (AvgIpc) is 3.50. The average molecular weight is 660 g/mol. The summed E-state index contributed by atoms with van der Waals surface area (Å²) in [6.45, 7) is 5.92. The number of unbranched alkanes of at least 4 members (excludes halogenated alkanes) is 1. The molecule has 2 aromatic heterocycles. The zero-order valence-corrected chi connectivity index (χ0v) is 27.3. The first-order valence-corrected chi connectivity index (χ1v) is 16.8. The van der Waals surface area contributed by atoms with Crippen LogP contribution in [0.1, 0.15) is 95.7 Å². The van der Waals surface area contributed by atoms with Crippen LogP contribution in [-0.2, 0) is 29.0 Å². The second-order valence-electron chi connectivity index (χ2n) is 12.8. The number of hydrogen-bond acceptors (Lipinski definition) is 8. The predicted octanol–water partition coefficient (Wildman–Crippen LogP) is 5.29. The minimum Gasteiger partial charge on any atom is -0.478 e. The van der Waals surface area contributed by atoms with Gasteiger partial charge in [0.05, 0.1) is 11.3 Å². The van der Waals surface area contributed by atoms with Gasteiger partial charge in [0.2, 0.25) is 5.91 Å². The highest BCUT2D eigenvalue weighted by molar-refractivity contribution is 5.87. The van der Waals surface area contributed by atoms with Crippen molar-refractivity contribution in [1.82, 2.24) is 24.9 Å². The van der Waals surface area contributed by atoms with Crippen molar-refractivity contribution in [3.05, 3.63) is 92.5 Å². The highest BCUT2D eigenvalue weighted by Crippen LogP contribution is 2.33. The van der Waals surface area contributed by atoms with Crippen LogP contribution in [0.15, 0.2) is 51.8 Å². The first kappa shape index (κ1) is 33.5. The summed E-state index contributed by atoms with van der Waals surface area (Å²) in [5.74, 6) is -0.423. The fourth-order valence-corrected chi connectivity index (χ4v) is 6.79. The Hall–Kier alpha value is -4.42. The summed E-state index contributed by atoms with van der Waals surface area (Å²) < 4.78 is 26.9. The molecule has 2 aromatic carbocycles. The number of hydrogen-bond donors (Lipinski definition) is 2. The first-order chi connectivity index (χ1) is 23.3. The van der Waals surface area contributed by atoms with Gasteiger partial charge in [-0.1, -0.05) is 17.3 Å². The van der Waals surface area contributed by atoms with Gasteiger partial charge in [-0.05, 0) is 94.8 Å². The molecule has 1 fully saturated rings. The molecule has 0 bridgehead atoms. The highest BCUT2D eigenvalue weighted by atomic mass is 19.1. The minimum atomic E-state index is -0.980. The van der Waals surface area contributed by atoms with Crippen LogP contribution in [0.2, 0.25) is 0 Å². The summed E-state index contributed by atoms with van der Waals surface area (Å²) >= 11 is 0. The summed E-state index contributed by atoms with van der Waals surface area (Å²) in [6.07, 6.45) is 5.63. The van der Waals surface area contributed by atoms with Crippen LogP contribution >= 0.6 is 0 Å². The smallest absolute Gasteiger partial charge is 0.335 e. The Morgan fingerprint density at radius 2 is 1.88 bits per heavy atom. The second kappa shape index (κ2) is 15.2. The number of aromatic carboxylic acids is 1. The van der Waals surface area contributed by atoms with Crippen LogP contribution in [0.25, 0.3) is 11.0 Å². The van der Waals surface area contributed by atoms with E-state index in [4.69, 9.17) is 19.4 Å². The van der Waals surface area contributed by atoms with Crippen LogP contribution < -0.4 is 10.9 Å². The van der Waals surface area contributed by atoms with E-state index in [1.807, 2.05) is 6.92 Å². The monoisotopic (exact) mass is 659 g/mol. The maximum absolute atomic E-state index is 13.6. The molecular formula is C36H42FN5O6. The molecule has 0 aliphatic carbocycles. The van der Waals surface area contributed by atoms with Crippen LogP contribution in [0.3, 0.4) is 0 Å². The second-order valence-corrected chi connectivity index (χ2v) is 12.8. The number of carboxylic acid groups (broad SMARTS) is 1. The number of benzene rings is 2. The van der Waals surface area contributed by atoms with Crippen molar-refractivity contribution in [2.75, 3.05) is 26.2 Å². The third-order valence-corrected chi connectivity index (χ3v) is 9.56. The zero-order valence-electron chi connectivity index (χ0n) is 27.3. The van der Waals surface area contributed by atoms with Gasteiger partial charge in [0.25, 0.3) is 5.56 Å². The molecule has 1 saturated heterocycles. The molecule has 1 atom stereocenters. The lowest BCUT2D eigenvalue weighted by Crippen LogP contribution is -2.38. The molecule has 4 aromatic rings. The number of carbonyl (C=O) groups excluding carboxylic acids is 1. The molecule has 254 valence electrons. The zero-order chi connectivity index (χ0) is 33.6. The molecule has 2 aliphatic rings. The van der Waals surface area contributed by atoms with E-state index >= 15 is 0 Å². The van der Waals surface area contributed by atoms with E-state index in [-0.39, 0.29) is 34.9 Å². The number of rotatable bonds is 13. The number of amides is 1. The minimum absolute atomic E-state index is 0.0243. The van der Waals surface area contributed by atoms with Crippen molar-refractivity contribution in [3.8, 4) is 0 Å². The van der Waals surface area contributed by atoms with Gasteiger partial charge in [0.15, 0.2) is 5.58 Å². The summed E-state index contributed by atoms with van der Waals surface area (Å²) in [7, 11) is 0. The number of ether oxygens (including phenoxy) is 1. The molecule has 6 rings (SSSR count). The number of nitrogens with zero attached hydrogens (tertiary/aromatic N) is 4. The molecule has 12 heteroatoms. The Kier molecular flexibility index (Phi) is 10.6. The van der Waals surface area contributed by atoms with Crippen molar-refractivity contribution in [2.45, 2.75) is 83.4 Å². The van der Waals surface area contributed by atoms with Gasteiger partial charge >= 0.3 is 5.97 Å². The van der Waals surface area contributed by atoms with Crippen molar-refractivity contribution in [1.29, 1.82) is 0 Å². The summed E-state index contributed by atoms with van der Waals surface area (Å²) in [5.41, 5.74) is 3.98. The molecule has 1 amide bonds. The number of carboxylic acids is 1. The van der Waals surface area contributed by atoms with Crippen LogP contribution in [0, 0.1) is 12.7 Å². The molecule has 11 nitrogen and oxygen atoms in total. The number of likely N-dealkylation sites (tertiary alicyclic amines) is 1. The van der Waals surface area contributed by atoms with Crippen molar-refractivity contribution < 1.29 is 28.3 Å². The lowest BCUT2D eigenvalue weighted by Gasteiger charge is -2.31. The molecular weight excluding hydrogens is 617 g/mol. The lowest BCUT2D eigenvalue weighted by atomic mass is 9.91. The summed E-state index contributed by atoms with van der Waals surface area (Å²) in [4.78, 5) is 44.1. The van der Waals surface area contributed by atoms with Crippen LogP contribution in [0.5, 0.6) is 0 Å². The van der Waals surface area contributed by atoms with E-state index in [9.17, 15) is 18.8 Å². The number of carbonyl (C=O) groups is 2. The Bertz CT molecular complexity index is 1810. The van der Waals surface area contributed by atoms with E-state index in [1.165, 1.54) is 24.3 Å². The lowest BCUT2D eigenvalue weighted by molar-refractivity contribution is -0.121. The largest absolute Gasteiger partial charge is 0.478 e. The van der Waals surface area contributed by atoms with E-state index in [0.717, 1.165) is 73.2 Å². The molecule has 1 unspecified atom stereocenters. The number of aryl methyl sites for hydroxylation is 1. The molecule has 4 heterocycles. The van der Waals surface area contributed by atoms with Crippen molar-refractivity contribution in [2.24, 2.45) is 0 Å². The van der Waals surface area contributed by atoms with E-state index < -0.39 is 5.97 Å². The molecule has 0 saturated carbocycles. The van der Waals surface area contributed by atoms with Gasteiger partial charge in [0.1, 0.15) is 17.7 Å². The number of halogens is 1. The SMILES string of the molecule is Cc1nc2n(c(=O)c1CCN1CCC(c3noc4cc(F)ccc34)CC1)CCCC2OCCCCC(=O)NCc1ccc(C(=O)O)cc1. The van der Waals surface area contributed by atoms with E-state index in [1.54, 1.807) is 22.8 Å². The predicted molar refractivity (Wildman–Crippen MR) is 176 cm³/mol. The Labute approximate surface area is 278 Å². The number of nitrogens with one attached hydrogen (secondary N) is 1. The van der Waals surface area contributed by atoms with Crippen LogP contribution in [0.4, 0.5) is 4.39 Å². The standard InChI is InChI=1S/C36H42FN5O6/c1-23-28(15-19-41-17-13-25(14-18-41)33-29-12-11-27(37)21-31(29)48-40-33)35(44)42-16-4-5-30(34(42)39-23)47-20-3-2-6-32(43)38-22-24-7-9-26(10-8-24)36(45)46/h7-12,21,25,30H,2-6,13-20,22H2,1H3,(H,38,43)(H,45,46). The quantitative estimate of drug-likeness (QED) is 0.183. The van der Waals surface area contributed by atoms with Crippen molar-refractivity contribution in [3.63, 3.8) is 0 Å². The molecule has 0 radical (unpaired) electrons. The normalized spacial score (nSPS) is 17.0. The third-order valence-electron chi connectivity index (χ3n) is 9.56. The third kappa shape index (κ3) is 7.82. The van der Waals surface area contributed by atoms with Gasteiger partial charge in [-0.15, -0.1) is 0 Å². The number of fused-ring (bicyclic) bond motifs is 2. The molecule has 0 spiro atoms. The number of piperidine rings is 1. The van der Waals surface area contributed by atoms with Gasteiger partial charge in [-0.3, -0.25) is 14.2 Å². The Morgan fingerprint density at radius 3 is 2.65 bits per heavy atom. The van der Waals surface area contributed by atoms with Gasteiger partial charge < -0.3 is 24.6 Å². The topological polar surface area (TPSA) is 140 Å². The highest BCUT2D eigenvalue weighted by Gasteiger charge is 2.28. The maximum atomic E-state index is 13.6. The summed E-state index contributed by atoms with van der Waals surface area (Å²) in [6, 6.07) is 11.0. The summed E-state index contributed by atoms with van der Waals surface area (Å²) in [5, 5.41) is 17.0. The Balaban J connectivity index is 0.945. The van der Waals surface area contributed by atoms with E-state index in [2.05, 4.69) is 15.4 Å². The maximum Gasteiger partial charge on any atom is 0.335 e. The van der Waals surface area contributed by atoms with Gasteiger partial charge in [0, 0.05) is 61.3 Å². The van der Waals surface area contributed by atoms with Crippen molar-refractivity contribution >= 4 is 22.8 Å². The fraction of sp³-hybridized carbons (Fsp3) is 0.472. The Morgan fingerprint density at radius 1 is 1.08 bits per heavy atom. The van der Waals surface area contributed by atoms with E-state index in [0.29, 0.717) is 56.8 Å². The van der Waals surface area contributed by atoms with Crippen LogP contribution in [-0.4, -0.2) is 62.8 Å². The molecule has 2 N–H and O–H groups in total. The molecule has 2 aliphatic heterocycles. The number of aromatic nitrogens is 3. The fourth-order valence-electron chi connectivity index (χ4n) is 6.79. The van der Waals surface area contributed by atoms with Gasteiger partial charge in [-0.2, -0.15) is 0 Å². The van der Waals surface area contributed by atoms with Gasteiger partial charge in [-0.25, -0.2) is 14.2 Å². The molecule has 48 heavy (non-hydrogen) atoms.